The summed E-state index contributed by atoms with van der Waals surface area (Å²) in [5, 5.41) is 19.8. The Labute approximate surface area is 105 Å². The SMILES string of the molecule is CC1(C)CCC(O)C(CN2CCCC(O)C2)C1. The molecule has 1 heterocycles. The molecule has 3 heteroatoms. The van der Waals surface area contributed by atoms with E-state index in [0.29, 0.717) is 11.3 Å². The average Bonchev–Trinajstić information content (AvgIpc) is 2.23. The second-order valence-corrected chi connectivity index (χ2v) is 6.79. The number of aliphatic hydroxyl groups excluding tert-OH is 2. The molecule has 0 radical (unpaired) electrons. The number of piperidine rings is 1. The summed E-state index contributed by atoms with van der Waals surface area (Å²) in [7, 11) is 0. The average molecular weight is 241 g/mol. The molecule has 3 atom stereocenters. The van der Waals surface area contributed by atoms with Crippen LogP contribution in [0.4, 0.5) is 0 Å². The Morgan fingerprint density at radius 1 is 1.24 bits per heavy atom. The standard InChI is InChI=1S/C14H27NO2/c1-14(2)6-5-13(17)11(8-14)9-15-7-3-4-12(16)10-15/h11-13,16-17H,3-10H2,1-2H3. The maximum Gasteiger partial charge on any atom is 0.0667 e. The van der Waals surface area contributed by atoms with Gasteiger partial charge in [0, 0.05) is 13.1 Å². The van der Waals surface area contributed by atoms with Crippen LogP contribution in [0.5, 0.6) is 0 Å². The zero-order valence-corrected chi connectivity index (χ0v) is 11.2. The first kappa shape index (κ1) is 13.3. The molecule has 3 unspecified atom stereocenters. The number of aliphatic hydroxyl groups is 2. The van der Waals surface area contributed by atoms with Gasteiger partial charge < -0.3 is 15.1 Å². The molecule has 2 N–H and O–H groups in total. The van der Waals surface area contributed by atoms with E-state index in [-0.39, 0.29) is 12.2 Å². The minimum atomic E-state index is -0.155. The highest BCUT2D eigenvalue weighted by atomic mass is 16.3. The van der Waals surface area contributed by atoms with Gasteiger partial charge in [-0.05, 0) is 50.0 Å². The van der Waals surface area contributed by atoms with Gasteiger partial charge in [0.15, 0.2) is 0 Å². The van der Waals surface area contributed by atoms with Crippen molar-refractivity contribution < 1.29 is 10.2 Å². The molecule has 1 aliphatic heterocycles. The maximum absolute atomic E-state index is 10.1. The lowest BCUT2D eigenvalue weighted by molar-refractivity contribution is -0.0113. The number of likely N-dealkylation sites (tertiary alicyclic amines) is 1. The van der Waals surface area contributed by atoms with Crippen LogP contribution in [0.1, 0.15) is 46.0 Å². The highest BCUT2D eigenvalue weighted by molar-refractivity contribution is 4.87. The number of hydrogen-bond acceptors (Lipinski definition) is 3. The largest absolute Gasteiger partial charge is 0.393 e. The molecule has 0 spiro atoms. The van der Waals surface area contributed by atoms with Crippen molar-refractivity contribution >= 4 is 0 Å². The van der Waals surface area contributed by atoms with Gasteiger partial charge in [-0.2, -0.15) is 0 Å². The molecule has 100 valence electrons. The van der Waals surface area contributed by atoms with Crippen molar-refractivity contribution in [2.45, 2.75) is 58.2 Å². The van der Waals surface area contributed by atoms with Crippen LogP contribution < -0.4 is 0 Å². The Kier molecular flexibility index (Phi) is 4.11. The third-order valence-corrected chi connectivity index (χ3v) is 4.45. The van der Waals surface area contributed by atoms with E-state index >= 15 is 0 Å². The van der Waals surface area contributed by atoms with E-state index < -0.39 is 0 Å². The molecule has 2 aliphatic rings. The lowest BCUT2D eigenvalue weighted by atomic mass is 9.70. The lowest BCUT2D eigenvalue weighted by Crippen LogP contribution is -2.45. The molecule has 1 saturated heterocycles. The van der Waals surface area contributed by atoms with Crippen LogP contribution in [-0.4, -0.2) is 47.0 Å². The predicted molar refractivity (Wildman–Crippen MR) is 68.8 cm³/mol. The molecule has 2 fully saturated rings. The summed E-state index contributed by atoms with van der Waals surface area (Å²) in [6.45, 7) is 7.44. The summed E-state index contributed by atoms with van der Waals surface area (Å²) >= 11 is 0. The molecule has 0 aromatic carbocycles. The van der Waals surface area contributed by atoms with Crippen molar-refractivity contribution in [3.8, 4) is 0 Å². The molecule has 0 amide bonds. The summed E-state index contributed by atoms with van der Waals surface area (Å²) in [5.41, 5.74) is 0.373. The summed E-state index contributed by atoms with van der Waals surface area (Å²) in [6.07, 6.45) is 4.92. The van der Waals surface area contributed by atoms with Crippen LogP contribution in [-0.2, 0) is 0 Å². The fourth-order valence-corrected chi connectivity index (χ4v) is 3.44. The summed E-state index contributed by atoms with van der Waals surface area (Å²) in [4.78, 5) is 2.34. The van der Waals surface area contributed by atoms with Crippen LogP contribution in [0.15, 0.2) is 0 Å². The molecule has 0 aromatic rings. The molecule has 17 heavy (non-hydrogen) atoms. The molecule has 2 rings (SSSR count). The Hall–Kier alpha value is -0.120. The van der Waals surface area contributed by atoms with Gasteiger partial charge in [-0.25, -0.2) is 0 Å². The quantitative estimate of drug-likeness (QED) is 0.772. The minimum absolute atomic E-state index is 0.137. The molecule has 3 nitrogen and oxygen atoms in total. The van der Waals surface area contributed by atoms with E-state index in [9.17, 15) is 10.2 Å². The second kappa shape index (κ2) is 5.25. The molecule has 1 aliphatic carbocycles. The van der Waals surface area contributed by atoms with Crippen molar-refractivity contribution in [1.82, 2.24) is 4.90 Å². The molecule has 1 saturated carbocycles. The van der Waals surface area contributed by atoms with Gasteiger partial charge in [-0.3, -0.25) is 0 Å². The monoisotopic (exact) mass is 241 g/mol. The highest BCUT2D eigenvalue weighted by Crippen LogP contribution is 2.39. The number of hydrogen-bond donors (Lipinski definition) is 2. The summed E-state index contributed by atoms with van der Waals surface area (Å²) in [5.74, 6) is 0.393. The first-order chi connectivity index (χ1) is 7.96. The first-order valence-corrected chi connectivity index (χ1v) is 7.05. The van der Waals surface area contributed by atoms with Crippen LogP contribution in [0.2, 0.25) is 0 Å². The summed E-state index contributed by atoms with van der Waals surface area (Å²) in [6, 6.07) is 0. The molecule has 0 aromatic heterocycles. The number of β-amino-alcohol motifs (C(OH)–C–C–N with tert-alkyl or cyclic N) is 1. The molecule has 0 bridgehead atoms. The first-order valence-electron chi connectivity index (χ1n) is 7.05. The van der Waals surface area contributed by atoms with Crippen LogP contribution >= 0.6 is 0 Å². The number of nitrogens with zero attached hydrogens (tertiary/aromatic N) is 1. The van der Waals surface area contributed by atoms with Crippen molar-refractivity contribution in [3.05, 3.63) is 0 Å². The smallest absolute Gasteiger partial charge is 0.0667 e. The van der Waals surface area contributed by atoms with Gasteiger partial charge in [0.05, 0.1) is 12.2 Å². The second-order valence-electron chi connectivity index (χ2n) is 6.79. The molecular formula is C14H27NO2. The van der Waals surface area contributed by atoms with Crippen LogP contribution in [0.3, 0.4) is 0 Å². The fraction of sp³-hybridized carbons (Fsp3) is 1.00. The van der Waals surface area contributed by atoms with E-state index in [1.54, 1.807) is 0 Å². The maximum atomic E-state index is 10.1. The van der Waals surface area contributed by atoms with Crippen molar-refractivity contribution in [2.24, 2.45) is 11.3 Å². The topological polar surface area (TPSA) is 43.7 Å². The van der Waals surface area contributed by atoms with Crippen molar-refractivity contribution in [3.63, 3.8) is 0 Å². The van der Waals surface area contributed by atoms with Crippen LogP contribution in [0, 0.1) is 11.3 Å². The number of rotatable bonds is 2. The van der Waals surface area contributed by atoms with E-state index in [2.05, 4.69) is 18.7 Å². The van der Waals surface area contributed by atoms with Crippen molar-refractivity contribution in [2.75, 3.05) is 19.6 Å². The fourth-order valence-electron chi connectivity index (χ4n) is 3.44. The van der Waals surface area contributed by atoms with E-state index in [4.69, 9.17) is 0 Å². The molecular weight excluding hydrogens is 214 g/mol. The van der Waals surface area contributed by atoms with Crippen molar-refractivity contribution in [1.29, 1.82) is 0 Å². The Morgan fingerprint density at radius 2 is 2.00 bits per heavy atom. The zero-order valence-electron chi connectivity index (χ0n) is 11.2. The van der Waals surface area contributed by atoms with Gasteiger partial charge in [-0.1, -0.05) is 13.8 Å². The van der Waals surface area contributed by atoms with E-state index in [1.807, 2.05) is 0 Å². The third-order valence-electron chi connectivity index (χ3n) is 4.45. The highest BCUT2D eigenvalue weighted by Gasteiger charge is 2.35. The Bertz CT molecular complexity index is 255. The van der Waals surface area contributed by atoms with E-state index in [0.717, 1.165) is 51.7 Å². The lowest BCUT2D eigenvalue weighted by Gasteiger charge is -2.41. The van der Waals surface area contributed by atoms with Gasteiger partial charge in [0.1, 0.15) is 0 Å². The van der Waals surface area contributed by atoms with Gasteiger partial charge in [0.2, 0.25) is 0 Å². The van der Waals surface area contributed by atoms with Crippen LogP contribution in [0.25, 0.3) is 0 Å². The summed E-state index contributed by atoms with van der Waals surface area (Å²) < 4.78 is 0. The third kappa shape index (κ3) is 3.67. The minimum Gasteiger partial charge on any atom is -0.393 e. The Morgan fingerprint density at radius 3 is 2.71 bits per heavy atom. The van der Waals surface area contributed by atoms with Gasteiger partial charge in [-0.15, -0.1) is 0 Å². The normalized spacial score (nSPS) is 39.2. The van der Waals surface area contributed by atoms with E-state index in [1.165, 1.54) is 0 Å². The van der Waals surface area contributed by atoms with Gasteiger partial charge >= 0.3 is 0 Å². The van der Waals surface area contributed by atoms with Gasteiger partial charge in [0.25, 0.3) is 0 Å². The predicted octanol–water partition coefficient (Wildman–Crippen LogP) is 1.63. The zero-order chi connectivity index (χ0) is 12.5. The Balaban J connectivity index is 1.88.